The average molecular weight is 197 g/mol. The van der Waals surface area contributed by atoms with Crippen LogP contribution in [-0.2, 0) is 4.74 Å². The molecule has 1 aliphatic heterocycles. The topological polar surface area (TPSA) is 21.6 Å². The summed E-state index contributed by atoms with van der Waals surface area (Å²) >= 11 is 0. The normalized spacial score (nSPS) is 26.1. The summed E-state index contributed by atoms with van der Waals surface area (Å²) in [6.45, 7) is 6.43. The van der Waals surface area contributed by atoms with Crippen LogP contribution in [0, 0.1) is 0 Å². The van der Waals surface area contributed by atoms with Gasteiger partial charge in [-0.25, -0.2) is 4.99 Å². The Bertz CT molecular complexity index is 189. The molecule has 0 spiro atoms. The zero-order chi connectivity index (χ0) is 10.4. The summed E-state index contributed by atoms with van der Waals surface area (Å²) in [6.07, 6.45) is 7.78. The van der Waals surface area contributed by atoms with Crippen molar-refractivity contribution in [2.24, 2.45) is 4.99 Å². The highest BCUT2D eigenvalue weighted by molar-refractivity contribution is 5.75. The van der Waals surface area contributed by atoms with Crippen LogP contribution >= 0.6 is 0 Å². The molecule has 0 fully saturated rings. The Kier molecular flexibility index (Phi) is 4.99. The van der Waals surface area contributed by atoms with E-state index in [9.17, 15) is 0 Å². The highest BCUT2D eigenvalue weighted by Gasteiger charge is 2.27. The maximum atomic E-state index is 5.72. The maximum absolute atomic E-state index is 5.72. The lowest BCUT2D eigenvalue weighted by Gasteiger charge is -2.16. The van der Waals surface area contributed by atoms with Gasteiger partial charge in [-0.3, -0.25) is 0 Å². The van der Waals surface area contributed by atoms with E-state index in [0.717, 1.165) is 5.90 Å². The molecule has 82 valence electrons. The standard InChI is InChI=1S/C12H23NO/c1-4-6-8-11-12(9-7-5-2)14-10(3)13-11/h11-12H,4-9H2,1-3H3/t11-,12-/m1/s1. The monoisotopic (exact) mass is 197 g/mol. The Morgan fingerprint density at radius 1 is 1.14 bits per heavy atom. The summed E-state index contributed by atoms with van der Waals surface area (Å²) in [4.78, 5) is 4.55. The summed E-state index contributed by atoms with van der Waals surface area (Å²) in [5, 5.41) is 0. The molecule has 0 bridgehead atoms. The van der Waals surface area contributed by atoms with E-state index < -0.39 is 0 Å². The van der Waals surface area contributed by atoms with Crippen LogP contribution in [0.4, 0.5) is 0 Å². The molecule has 0 aliphatic carbocycles. The number of hydrogen-bond acceptors (Lipinski definition) is 2. The van der Waals surface area contributed by atoms with Gasteiger partial charge in [-0.1, -0.05) is 33.1 Å². The van der Waals surface area contributed by atoms with Crippen molar-refractivity contribution in [2.45, 2.75) is 71.4 Å². The smallest absolute Gasteiger partial charge is 0.180 e. The lowest BCUT2D eigenvalue weighted by molar-refractivity contribution is 0.171. The van der Waals surface area contributed by atoms with Gasteiger partial charge in [-0.2, -0.15) is 0 Å². The van der Waals surface area contributed by atoms with Crippen molar-refractivity contribution in [2.75, 3.05) is 0 Å². The molecule has 2 atom stereocenters. The maximum Gasteiger partial charge on any atom is 0.180 e. The molecule has 0 saturated heterocycles. The minimum atomic E-state index is 0.376. The average Bonchev–Trinajstić information content (AvgIpc) is 2.52. The van der Waals surface area contributed by atoms with Crippen molar-refractivity contribution in [3.63, 3.8) is 0 Å². The molecule has 1 rings (SSSR count). The van der Waals surface area contributed by atoms with Crippen LogP contribution < -0.4 is 0 Å². The molecule has 0 amide bonds. The highest BCUT2D eigenvalue weighted by atomic mass is 16.5. The first-order valence-electron chi connectivity index (χ1n) is 5.99. The predicted molar refractivity (Wildman–Crippen MR) is 60.8 cm³/mol. The first-order chi connectivity index (χ1) is 6.77. The van der Waals surface area contributed by atoms with Gasteiger partial charge in [0.1, 0.15) is 6.10 Å². The van der Waals surface area contributed by atoms with Crippen LogP contribution in [-0.4, -0.2) is 18.0 Å². The van der Waals surface area contributed by atoms with Crippen molar-refractivity contribution in [1.82, 2.24) is 0 Å². The summed E-state index contributed by atoms with van der Waals surface area (Å²) < 4.78 is 5.72. The molecular formula is C12H23NO. The quantitative estimate of drug-likeness (QED) is 0.638. The van der Waals surface area contributed by atoms with Gasteiger partial charge in [0.05, 0.1) is 6.04 Å². The number of rotatable bonds is 6. The molecule has 0 saturated carbocycles. The van der Waals surface area contributed by atoms with Gasteiger partial charge in [0.2, 0.25) is 0 Å². The lowest BCUT2D eigenvalue weighted by atomic mass is 10.0. The van der Waals surface area contributed by atoms with Crippen LogP contribution in [0.2, 0.25) is 0 Å². The zero-order valence-corrected chi connectivity index (χ0v) is 9.75. The van der Waals surface area contributed by atoms with Gasteiger partial charge in [0.25, 0.3) is 0 Å². The third kappa shape index (κ3) is 3.32. The Morgan fingerprint density at radius 3 is 2.43 bits per heavy atom. The molecule has 0 N–H and O–H groups in total. The van der Waals surface area contributed by atoms with Crippen LogP contribution in [0.1, 0.15) is 59.3 Å². The van der Waals surface area contributed by atoms with E-state index in [1.165, 1.54) is 38.5 Å². The minimum absolute atomic E-state index is 0.376. The van der Waals surface area contributed by atoms with E-state index in [-0.39, 0.29) is 0 Å². The van der Waals surface area contributed by atoms with Crippen LogP contribution in [0.5, 0.6) is 0 Å². The largest absolute Gasteiger partial charge is 0.476 e. The van der Waals surface area contributed by atoms with Crippen LogP contribution in [0.3, 0.4) is 0 Å². The van der Waals surface area contributed by atoms with Crippen LogP contribution in [0.15, 0.2) is 4.99 Å². The Hall–Kier alpha value is -0.530. The van der Waals surface area contributed by atoms with Crippen molar-refractivity contribution in [3.05, 3.63) is 0 Å². The second kappa shape index (κ2) is 6.05. The van der Waals surface area contributed by atoms with Gasteiger partial charge in [-0.15, -0.1) is 0 Å². The fraction of sp³-hybridized carbons (Fsp3) is 0.917. The second-order valence-corrected chi connectivity index (χ2v) is 4.16. The molecule has 1 heterocycles. The Balaban J connectivity index is 2.34. The summed E-state index contributed by atoms with van der Waals surface area (Å²) in [6, 6.07) is 0.446. The van der Waals surface area contributed by atoms with E-state index in [4.69, 9.17) is 4.74 Å². The van der Waals surface area contributed by atoms with E-state index in [1.807, 2.05) is 6.92 Å². The third-order valence-electron chi connectivity index (χ3n) is 2.79. The van der Waals surface area contributed by atoms with E-state index >= 15 is 0 Å². The van der Waals surface area contributed by atoms with E-state index in [2.05, 4.69) is 18.8 Å². The van der Waals surface area contributed by atoms with Crippen LogP contribution in [0.25, 0.3) is 0 Å². The van der Waals surface area contributed by atoms with Gasteiger partial charge < -0.3 is 4.74 Å². The summed E-state index contributed by atoms with van der Waals surface area (Å²) in [5.41, 5.74) is 0. The molecule has 2 nitrogen and oxygen atoms in total. The fourth-order valence-electron chi connectivity index (χ4n) is 1.97. The molecule has 0 radical (unpaired) electrons. The molecule has 0 aromatic heterocycles. The molecule has 1 aliphatic rings. The van der Waals surface area contributed by atoms with Crippen molar-refractivity contribution < 1.29 is 4.74 Å². The lowest BCUT2D eigenvalue weighted by Crippen LogP contribution is -2.22. The number of nitrogens with zero attached hydrogens (tertiary/aromatic N) is 1. The van der Waals surface area contributed by atoms with Gasteiger partial charge >= 0.3 is 0 Å². The van der Waals surface area contributed by atoms with Gasteiger partial charge in [0.15, 0.2) is 5.90 Å². The predicted octanol–water partition coefficient (Wildman–Crippen LogP) is 3.55. The van der Waals surface area contributed by atoms with E-state index in [0.29, 0.717) is 12.1 Å². The number of unbranched alkanes of at least 4 members (excludes halogenated alkanes) is 2. The summed E-state index contributed by atoms with van der Waals surface area (Å²) in [7, 11) is 0. The molecule has 0 aromatic rings. The third-order valence-corrected chi connectivity index (χ3v) is 2.79. The van der Waals surface area contributed by atoms with Gasteiger partial charge in [0, 0.05) is 6.92 Å². The highest BCUT2D eigenvalue weighted by Crippen LogP contribution is 2.22. The van der Waals surface area contributed by atoms with E-state index in [1.54, 1.807) is 0 Å². The van der Waals surface area contributed by atoms with Crippen molar-refractivity contribution in [3.8, 4) is 0 Å². The fourth-order valence-corrected chi connectivity index (χ4v) is 1.97. The second-order valence-electron chi connectivity index (χ2n) is 4.16. The van der Waals surface area contributed by atoms with Crippen molar-refractivity contribution >= 4 is 5.90 Å². The summed E-state index contributed by atoms with van der Waals surface area (Å²) in [5.74, 6) is 0.896. The first-order valence-corrected chi connectivity index (χ1v) is 5.99. The molecule has 0 aromatic carbocycles. The zero-order valence-electron chi connectivity index (χ0n) is 9.75. The first kappa shape index (κ1) is 11.5. The SMILES string of the molecule is CCCC[C@H]1N=C(C)O[C@@H]1CCCC. The number of aliphatic imine (C=N–C) groups is 1. The number of hydrogen-bond donors (Lipinski definition) is 0. The molecule has 0 unspecified atom stereocenters. The molecule has 2 heteroatoms. The van der Waals surface area contributed by atoms with Gasteiger partial charge in [-0.05, 0) is 19.3 Å². The molecular weight excluding hydrogens is 174 g/mol. The molecule has 14 heavy (non-hydrogen) atoms. The van der Waals surface area contributed by atoms with Crippen molar-refractivity contribution in [1.29, 1.82) is 0 Å². The minimum Gasteiger partial charge on any atom is -0.476 e. The number of ether oxygens (including phenoxy) is 1. The Labute approximate surface area is 87.8 Å². The Morgan fingerprint density at radius 2 is 1.79 bits per heavy atom.